The molecule has 0 spiro atoms. The third kappa shape index (κ3) is 3.14. The molecule has 22 heavy (non-hydrogen) atoms. The molecule has 0 fully saturated rings. The van der Waals surface area contributed by atoms with E-state index >= 15 is 0 Å². The van der Waals surface area contributed by atoms with Crippen LogP contribution in [0.15, 0.2) is 42.1 Å². The van der Waals surface area contributed by atoms with Gasteiger partial charge in [0.05, 0.1) is 17.2 Å². The average Bonchev–Trinajstić information content (AvgIpc) is 2.44. The first-order chi connectivity index (χ1) is 10.5. The molecule has 0 bridgehead atoms. The van der Waals surface area contributed by atoms with E-state index in [0.717, 1.165) is 12.1 Å². The van der Waals surface area contributed by atoms with E-state index < -0.39 is 23.6 Å². The number of carbonyl (C=O) groups is 1. The number of carbonyl (C=O) groups excluding carboxylic acids is 1. The summed E-state index contributed by atoms with van der Waals surface area (Å²) >= 11 is 5.00. The fourth-order valence-electron chi connectivity index (χ4n) is 2.18. The minimum atomic E-state index is -1.06. The fraction of sp³-hybridized carbons (Fsp3) is 0.200. The van der Waals surface area contributed by atoms with Gasteiger partial charge in [-0.25, -0.2) is 13.6 Å². The number of thiocarbonyl (C=S) groups is 1. The molecule has 0 aromatic heterocycles. The lowest BCUT2D eigenvalue weighted by molar-refractivity contribution is -0.138. The predicted molar refractivity (Wildman–Crippen MR) is 81.8 cm³/mol. The van der Waals surface area contributed by atoms with Gasteiger partial charge >= 0.3 is 5.97 Å². The van der Waals surface area contributed by atoms with Crippen LogP contribution < -0.4 is 10.6 Å². The highest BCUT2D eigenvalue weighted by Crippen LogP contribution is 2.31. The van der Waals surface area contributed by atoms with Crippen LogP contribution in [0.3, 0.4) is 0 Å². The van der Waals surface area contributed by atoms with Gasteiger partial charge in [-0.1, -0.05) is 18.7 Å². The minimum absolute atomic E-state index is 0.00741. The van der Waals surface area contributed by atoms with Gasteiger partial charge in [0.25, 0.3) is 0 Å². The summed E-state index contributed by atoms with van der Waals surface area (Å²) in [5, 5.41) is 5.63. The molecule has 1 aliphatic rings. The highest BCUT2D eigenvalue weighted by molar-refractivity contribution is 7.80. The van der Waals surface area contributed by atoms with Gasteiger partial charge in [-0.05, 0) is 31.3 Å². The molecule has 0 unspecified atom stereocenters. The highest BCUT2D eigenvalue weighted by Gasteiger charge is 2.34. The van der Waals surface area contributed by atoms with Crippen LogP contribution in [0.4, 0.5) is 8.78 Å². The molecule has 0 saturated carbocycles. The van der Waals surface area contributed by atoms with E-state index in [2.05, 4.69) is 17.2 Å². The number of esters is 1. The van der Waals surface area contributed by atoms with Crippen LogP contribution in [0.2, 0.25) is 0 Å². The molecule has 0 radical (unpaired) electrons. The number of hydrogen-bond donors (Lipinski definition) is 2. The lowest BCUT2D eigenvalue weighted by Crippen LogP contribution is -2.45. The molecule has 1 aliphatic heterocycles. The Labute approximate surface area is 131 Å². The molecule has 1 aromatic rings. The molecule has 116 valence electrons. The molecule has 1 atom stereocenters. The Kier molecular flexibility index (Phi) is 4.87. The van der Waals surface area contributed by atoms with Crippen molar-refractivity contribution in [2.24, 2.45) is 0 Å². The Morgan fingerprint density at radius 2 is 2.09 bits per heavy atom. The molecule has 2 rings (SSSR count). The molecule has 2 N–H and O–H groups in total. The zero-order valence-corrected chi connectivity index (χ0v) is 12.6. The van der Waals surface area contributed by atoms with Crippen LogP contribution in [0.1, 0.15) is 18.5 Å². The minimum Gasteiger partial charge on any atom is -0.458 e. The molecule has 1 heterocycles. The summed E-state index contributed by atoms with van der Waals surface area (Å²) in [6, 6.07) is 2.42. The van der Waals surface area contributed by atoms with Crippen molar-refractivity contribution in [3.05, 3.63) is 59.3 Å². The van der Waals surface area contributed by atoms with Crippen molar-refractivity contribution in [2.45, 2.75) is 13.0 Å². The van der Waals surface area contributed by atoms with Crippen molar-refractivity contribution in [1.29, 1.82) is 0 Å². The van der Waals surface area contributed by atoms with Crippen LogP contribution in [0, 0.1) is 11.6 Å². The van der Waals surface area contributed by atoms with Gasteiger partial charge < -0.3 is 15.4 Å². The van der Waals surface area contributed by atoms with Crippen molar-refractivity contribution in [2.75, 3.05) is 6.61 Å². The number of benzene rings is 1. The van der Waals surface area contributed by atoms with Gasteiger partial charge in [0.2, 0.25) is 0 Å². The maximum Gasteiger partial charge on any atom is 0.338 e. The topological polar surface area (TPSA) is 50.4 Å². The van der Waals surface area contributed by atoms with Crippen molar-refractivity contribution in [3.63, 3.8) is 0 Å². The fourth-order valence-corrected chi connectivity index (χ4v) is 2.45. The van der Waals surface area contributed by atoms with E-state index in [1.165, 1.54) is 12.1 Å². The van der Waals surface area contributed by atoms with Gasteiger partial charge in [0, 0.05) is 5.70 Å². The van der Waals surface area contributed by atoms with E-state index in [0.29, 0.717) is 5.70 Å². The normalized spacial score (nSPS) is 17.6. The molecule has 0 saturated heterocycles. The summed E-state index contributed by atoms with van der Waals surface area (Å²) in [6.45, 7) is 5.03. The second kappa shape index (κ2) is 6.65. The summed E-state index contributed by atoms with van der Waals surface area (Å²) in [5.41, 5.74) is 0.168. The molecule has 0 aliphatic carbocycles. The number of ether oxygens (including phenoxy) is 1. The number of allylic oxidation sites excluding steroid dienone is 1. The van der Waals surface area contributed by atoms with Crippen molar-refractivity contribution >= 4 is 23.3 Å². The average molecular weight is 324 g/mol. The Balaban J connectivity index is 2.51. The van der Waals surface area contributed by atoms with Gasteiger partial charge in [-0.15, -0.1) is 0 Å². The van der Waals surface area contributed by atoms with E-state index in [-0.39, 0.29) is 22.9 Å². The van der Waals surface area contributed by atoms with Crippen LogP contribution in [0.25, 0.3) is 0 Å². The second-order valence-electron chi connectivity index (χ2n) is 4.59. The Hall–Kier alpha value is -2.28. The van der Waals surface area contributed by atoms with Crippen LogP contribution in [-0.2, 0) is 9.53 Å². The largest absolute Gasteiger partial charge is 0.458 e. The number of nitrogens with one attached hydrogen (secondary N) is 2. The molecule has 0 amide bonds. The summed E-state index contributed by atoms with van der Waals surface area (Å²) in [7, 11) is 0. The Morgan fingerprint density at radius 3 is 2.68 bits per heavy atom. The first-order valence-electron chi connectivity index (χ1n) is 6.46. The SMILES string of the molecule is C=CCOC(=O)C1=C(C)NC(=S)N[C@H]1c1c(F)cccc1F. The number of rotatable bonds is 4. The van der Waals surface area contributed by atoms with Crippen molar-refractivity contribution in [1.82, 2.24) is 10.6 Å². The van der Waals surface area contributed by atoms with E-state index in [9.17, 15) is 13.6 Å². The van der Waals surface area contributed by atoms with Gasteiger partial charge in [-0.2, -0.15) is 0 Å². The summed E-state index contributed by atoms with van der Waals surface area (Å²) in [6.07, 6.45) is 1.40. The maximum absolute atomic E-state index is 14.0. The number of halogens is 2. The molecule has 1 aromatic carbocycles. The quantitative estimate of drug-likeness (QED) is 0.506. The third-order valence-corrected chi connectivity index (χ3v) is 3.33. The lowest BCUT2D eigenvalue weighted by Gasteiger charge is -2.30. The Bertz CT molecular complexity index is 653. The molecule has 4 nitrogen and oxygen atoms in total. The highest BCUT2D eigenvalue weighted by atomic mass is 32.1. The van der Waals surface area contributed by atoms with Crippen molar-refractivity contribution < 1.29 is 18.3 Å². The Morgan fingerprint density at radius 1 is 1.45 bits per heavy atom. The van der Waals surface area contributed by atoms with E-state index in [1.807, 2.05) is 0 Å². The van der Waals surface area contributed by atoms with Crippen LogP contribution in [0.5, 0.6) is 0 Å². The molecule has 7 heteroatoms. The summed E-state index contributed by atoms with van der Waals surface area (Å²) < 4.78 is 33.1. The van der Waals surface area contributed by atoms with Gasteiger partial charge in [-0.3, -0.25) is 0 Å². The van der Waals surface area contributed by atoms with Crippen LogP contribution >= 0.6 is 12.2 Å². The van der Waals surface area contributed by atoms with Gasteiger partial charge in [0.1, 0.15) is 18.2 Å². The molecular formula is C15H14F2N2O2S. The summed E-state index contributed by atoms with van der Waals surface area (Å²) in [5.74, 6) is -2.25. The van der Waals surface area contributed by atoms with E-state index in [1.54, 1.807) is 6.92 Å². The molecular weight excluding hydrogens is 310 g/mol. The van der Waals surface area contributed by atoms with Crippen LogP contribution in [-0.4, -0.2) is 17.7 Å². The zero-order chi connectivity index (χ0) is 16.3. The van der Waals surface area contributed by atoms with Gasteiger partial charge in [0.15, 0.2) is 5.11 Å². The number of hydrogen-bond acceptors (Lipinski definition) is 3. The monoisotopic (exact) mass is 324 g/mol. The third-order valence-electron chi connectivity index (χ3n) is 3.11. The first-order valence-corrected chi connectivity index (χ1v) is 6.86. The van der Waals surface area contributed by atoms with Crippen molar-refractivity contribution in [3.8, 4) is 0 Å². The maximum atomic E-state index is 14.0. The predicted octanol–water partition coefficient (Wildman–Crippen LogP) is 2.49. The smallest absolute Gasteiger partial charge is 0.338 e. The zero-order valence-electron chi connectivity index (χ0n) is 11.8. The first kappa shape index (κ1) is 16.1. The summed E-state index contributed by atoms with van der Waals surface area (Å²) in [4.78, 5) is 12.2. The van der Waals surface area contributed by atoms with E-state index in [4.69, 9.17) is 17.0 Å². The lowest BCUT2D eigenvalue weighted by atomic mass is 9.95. The second-order valence-corrected chi connectivity index (χ2v) is 5.00. The standard InChI is InChI=1S/C15H14F2N2O2S/c1-3-7-21-14(20)11-8(2)18-15(22)19-13(11)12-9(16)5-4-6-10(12)17/h3-6,13H,1,7H2,2H3,(H2,18,19,22)/t13-/m1/s1.